The lowest BCUT2D eigenvalue weighted by Crippen LogP contribution is -2.29. The number of sulfone groups is 1. The van der Waals surface area contributed by atoms with Crippen molar-refractivity contribution in [2.24, 2.45) is 5.84 Å². The molecule has 0 aliphatic rings. The van der Waals surface area contributed by atoms with Crippen LogP contribution in [0.25, 0.3) is 0 Å². The predicted octanol–water partition coefficient (Wildman–Crippen LogP) is -0.400. The minimum absolute atomic E-state index is 0.156. The fourth-order valence-electron chi connectivity index (χ4n) is 1.01. The Kier molecular flexibility index (Phi) is 3.42. The molecule has 0 fully saturated rings. The molecule has 8 heteroatoms. The molecule has 1 aromatic rings. The fourth-order valence-corrected chi connectivity index (χ4v) is 3.17. The average molecular weight is 249 g/mol. The molecule has 0 aliphatic carbocycles. The highest BCUT2D eigenvalue weighted by Crippen LogP contribution is 2.19. The van der Waals surface area contributed by atoms with Gasteiger partial charge in [0.05, 0.1) is 5.69 Å². The molecule has 0 saturated heterocycles. The largest absolute Gasteiger partial charge is 0.289 e. The second kappa shape index (κ2) is 4.25. The summed E-state index contributed by atoms with van der Waals surface area (Å²) in [6, 6.07) is 0. The number of aromatic nitrogens is 1. The molecule has 0 bridgehead atoms. The van der Waals surface area contributed by atoms with Gasteiger partial charge in [-0.25, -0.2) is 19.2 Å². The van der Waals surface area contributed by atoms with Crippen LogP contribution in [0, 0.1) is 6.92 Å². The number of nitrogen functional groups attached to an aromatic ring is 1. The third kappa shape index (κ3) is 3.26. The normalized spacial score (nSPS) is 11.4. The van der Waals surface area contributed by atoms with Gasteiger partial charge in [0.2, 0.25) is 0 Å². The average Bonchev–Trinajstić information content (AvgIpc) is 2.42. The fraction of sp³-hybridized carbons (Fsp3) is 0.429. The lowest BCUT2D eigenvalue weighted by molar-refractivity contribution is 0.0957. The molecule has 1 rings (SSSR count). The van der Waals surface area contributed by atoms with E-state index in [0.29, 0.717) is 15.6 Å². The quantitative estimate of drug-likeness (QED) is 0.431. The van der Waals surface area contributed by atoms with Crippen molar-refractivity contribution < 1.29 is 13.2 Å². The van der Waals surface area contributed by atoms with Crippen LogP contribution < -0.4 is 11.3 Å². The van der Waals surface area contributed by atoms with E-state index in [4.69, 9.17) is 5.84 Å². The molecule has 0 saturated carbocycles. The predicted molar refractivity (Wildman–Crippen MR) is 57.1 cm³/mol. The van der Waals surface area contributed by atoms with E-state index in [1.165, 1.54) is 0 Å². The highest BCUT2D eigenvalue weighted by atomic mass is 32.2. The molecule has 0 radical (unpaired) electrons. The Hall–Kier alpha value is -0.990. The van der Waals surface area contributed by atoms with E-state index >= 15 is 0 Å². The van der Waals surface area contributed by atoms with Crippen LogP contribution in [-0.4, -0.2) is 25.6 Å². The summed E-state index contributed by atoms with van der Waals surface area (Å²) in [5, 5.41) is 0.397. The summed E-state index contributed by atoms with van der Waals surface area (Å²) in [5.74, 6) is 4.36. The number of hydrogen-bond acceptors (Lipinski definition) is 6. The number of hydrogen-bond donors (Lipinski definition) is 2. The first-order valence-electron chi connectivity index (χ1n) is 3.98. The van der Waals surface area contributed by atoms with E-state index in [9.17, 15) is 13.2 Å². The minimum atomic E-state index is -3.13. The van der Waals surface area contributed by atoms with Gasteiger partial charge in [0.25, 0.3) is 5.91 Å². The van der Waals surface area contributed by atoms with E-state index < -0.39 is 15.7 Å². The molecule has 0 aliphatic heterocycles. The Morgan fingerprint density at radius 2 is 2.20 bits per heavy atom. The number of nitrogens with one attached hydrogen (secondary N) is 1. The summed E-state index contributed by atoms with van der Waals surface area (Å²) >= 11 is 1.04. The summed E-state index contributed by atoms with van der Waals surface area (Å²) < 4.78 is 22.0. The van der Waals surface area contributed by atoms with Gasteiger partial charge in [0, 0.05) is 6.26 Å². The van der Waals surface area contributed by atoms with Crippen molar-refractivity contribution in [1.82, 2.24) is 10.4 Å². The number of carbonyl (C=O) groups is 1. The maximum Gasteiger partial charge on any atom is 0.277 e. The molecular weight excluding hydrogens is 238 g/mol. The van der Waals surface area contributed by atoms with Crippen LogP contribution in [-0.2, 0) is 15.6 Å². The van der Waals surface area contributed by atoms with Gasteiger partial charge in [-0.2, -0.15) is 0 Å². The highest BCUT2D eigenvalue weighted by molar-refractivity contribution is 7.90. The van der Waals surface area contributed by atoms with E-state index in [1.807, 2.05) is 5.43 Å². The molecule has 0 atom stereocenters. The van der Waals surface area contributed by atoms with Crippen molar-refractivity contribution in [3.8, 4) is 0 Å². The monoisotopic (exact) mass is 249 g/mol. The van der Waals surface area contributed by atoms with Crippen LogP contribution in [0.5, 0.6) is 0 Å². The van der Waals surface area contributed by atoms with Gasteiger partial charge in [0.1, 0.15) is 15.6 Å². The number of thiazole rings is 1. The number of nitrogens with two attached hydrogens (primary N) is 1. The Labute approximate surface area is 91.4 Å². The summed E-state index contributed by atoms with van der Waals surface area (Å²) in [7, 11) is -3.13. The summed E-state index contributed by atoms with van der Waals surface area (Å²) in [4.78, 5) is 15.5. The number of aryl methyl sites for hydroxylation is 1. The lowest BCUT2D eigenvalue weighted by Gasteiger charge is -1.93. The van der Waals surface area contributed by atoms with Gasteiger partial charge in [-0.1, -0.05) is 0 Å². The maximum atomic E-state index is 11.2. The minimum Gasteiger partial charge on any atom is -0.289 e. The third-order valence-electron chi connectivity index (χ3n) is 1.56. The van der Waals surface area contributed by atoms with E-state index in [2.05, 4.69) is 4.98 Å². The Morgan fingerprint density at radius 3 is 2.67 bits per heavy atom. The molecule has 1 amide bonds. The van der Waals surface area contributed by atoms with Crippen molar-refractivity contribution in [1.29, 1.82) is 0 Å². The van der Waals surface area contributed by atoms with Gasteiger partial charge < -0.3 is 0 Å². The van der Waals surface area contributed by atoms with Crippen LogP contribution in [0.2, 0.25) is 0 Å². The molecular formula is C7H11N3O3S2. The van der Waals surface area contributed by atoms with Gasteiger partial charge in [-0.05, 0) is 6.92 Å². The zero-order valence-electron chi connectivity index (χ0n) is 8.27. The zero-order chi connectivity index (χ0) is 11.6. The van der Waals surface area contributed by atoms with Crippen molar-refractivity contribution in [2.75, 3.05) is 6.26 Å². The van der Waals surface area contributed by atoms with Crippen LogP contribution in [0.1, 0.15) is 20.4 Å². The summed E-state index contributed by atoms with van der Waals surface area (Å²) in [6.45, 7) is 1.63. The standard InChI is InChI=1S/C7H11N3O3S2/c1-4-6(7(11)10-8)14-5(9-4)3-15(2,12)13/h3,8H2,1-2H3,(H,10,11). The number of carbonyl (C=O) groups excluding carboxylic acids is 1. The van der Waals surface area contributed by atoms with Crippen LogP contribution in [0.15, 0.2) is 0 Å². The molecule has 0 aromatic carbocycles. The number of nitrogens with zero attached hydrogens (tertiary/aromatic N) is 1. The van der Waals surface area contributed by atoms with Crippen molar-refractivity contribution in [2.45, 2.75) is 12.7 Å². The van der Waals surface area contributed by atoms with Crippen molar-refractivity contribution >= 4 is 27.1 Å². The first kappa shape index (κ1) is 12.1. The molecule has 1 aromatic heterocycles. The highest BCUT2D eigenvalue weighted by Gasteiger charge is 2.16. The van der Waals surface area contributed by atoms with E-state index in [0.717, 1.165) is 17.6 Å². The Bertz CT molecular complexity index is 478. The first-order valence-corrected chi connectivity index (χ1v) is 6.86. The maximum absolute atomic E-state index is 11.2. The van der Waals surface area contributed by atoms with Crippen LogP contribution in [0.3, 0.4) is 0 Å². The number of hydrazine groups is 1. The lowest BCUT2D eigenvalue weighted by atomic mass is 10.4. The van der Waals surface area contributed by atoms with Crippen LogP contribution >= 0.6 is 11.3 Å². The van der Waals surface area contributed by atoms with Gasteiger partial charge in [-0.15, -0.1) is 11.3 Å². The molecule has 1 heterocycles. The second-order valence-electron chi connectivity index (χ2n) is 3.07. The third-order valence-corrected chi connectivity index (χ3v) is 3.70. The van der Waals surface area contributed by atoms with Gasteiger partial charge in [0.15, 0.2) is 9.84 Å². The molecule has 84 valence electrons. The van der Waals surface area contributed by atoms with Gasteiger partial charge in [-0.3, -0.25) is 10.2 Å². The molecule has 0 unspecified atom stereocenters. The first-order chi connectivity index (χ1) is 6.83. The SMILES string of the molecule is Cc1nc(CS(C)(=O)=O)sc1C(=O)NN. The Balaban J connectivity index is 3.01. The topological polar surface area (TPSA) is 102 Å². The molecule has 3 N–H and O–H groups in total. The van der Waals surface area contributed by atoms with Gasteiger partial charge >= 0.3 is 0 Å². The van der Waals surface area contributed by atoms with Crippen molar-refractivity contribution in [3.63, 3.8) is 0 Å². The second-order valence-corrected chi connectivity index (χ2v) is 6.29. The summed E-state index contributed by atoms with van der Waals surface area (Å²) in [6.07, 6.45) is 1.12. The number of amides is 1. The molecule has 6 nitrogen and oxygen atoms in total. The number of rotatable bonds is 3. The Morgan fingerprint density at radius 1 is 1.60 bits per heavy atom. The summed E-state index contributed by atoms with van der Waals surface area (Å²) in [5.41, 5.74) is 2.47. The van der Waals surface area contributed by atoms with E-state index in [1.54, 1.807) is 6.92 Å². The van der Waals surface area contributed by atoms with Crippen LogP contribution in [0.4, 0.5) is 0 Å². The van der Waals surface area contributed by atoms with Crippen molar-refractivity contribution in [3.05, 3.63) is 15.6 Å². The van der Waals surface area contributed by atoms with E-state index in [-0.39, 0.29) is 5.75 Å². The zero-order valence-corrected chi connectivity index (χ0v) is 9.91. The molecule has 0 spiro atoms. The smallest absolute Gasteiger partial charge is 0.277 e. The molecule has 15 heavy (non-hydrogen) atoms.